The van der Waals surface area contributed by atoms with Crippen LogP contribution in [0.5, 0.6) is 11.5 Å². The summed E-state index contributed by atoms with van der Waals surface area (Å²) in [6, 6.07) is 3.41. The molecule has 2 rings (SSSR count). The number of carboxylic acid groups (broad SMARTS) is 1. The molecule has 1 aliphatic rings. The number of carbonyl (C=O) groups is 2. The fourth-order valence-electron chi connectivity index (χ4n) is 1.55. The van der Waals surface area contributed by atoms with Gasteiger partial charge in [0, 0.05) is 11.8 Å². The van der Waals surface area contributed by atoms with E-state index in [-0.39, 0.29) is 0 Å². The number of aliphatic carboxylic acids is 1. The molecular weight excluding hydrogens is 252 g/mol. The smallest absolute Gasteiger partial charge is 0.325 e. The van der Waals surface area contributed by atoms with Crippen molar-refractivity contribution in [2.45, 2.75) is 13.0 Å². The molecule has 0 aliphatic carbocycles. The molecule has 1 aromatic carbocycles. The van der Waals surface area contributed by atoms with Crippen molar-refractivity contribution in [3.05, 3.63) is 18.2 Å². The molecule has 7 nitrogen and oxygen atoms in total. The highest BCUT2D eigenvalue weighted by Gasteiger charge is 2.15. The van der Waals surface area contributed by atoms with Gasteiger partial charge in [0.25, 0.3) is 0 Å². The quantitative estimate of drug-likeness (QED) is 0.759. The second kappa shape index (κ2) is 5.47. The second-order valence-electron chi connectivity index (χ2n) is 4.02. The van der Waals surface area contributed by atoms with E-state index in [1.54, 1.807) is 18.2 Å². The van der Waals surface area contributed by atoms with Crippen LogP contribution in [0.25, 0.3) is 0 Å². The maximum atomic E-state index is 11.5. The molecule has 2 amide bonds. The summed E-state index contributed by atoms with van der Waals surface area (Å²) in [4.78, 5) is 22.1. The lowest BCUT2D eigenvalue weighted by Crippen LogP contribution is -2.40. The van der Waals surface area contributed by atoms with Crippen LogP contribution in [0.4, 0.5) is 10.5 Å². The molecule has 1 heterocycles. The van der Waals surface area contributed by atoms with E-state index in [4.69, 9.17) is 14.6 Å². The van der Waals surface area contributed by atoms with Crippen molar-refractivity contribution in [1.29, 1.82) is 0 Å². The maximum absolute atomic E-state index is 11.5. The van der Waals surface area contributed by atoms with Gasteiger partial charge >= 0.3 is 12.0 Å². The molecule has 0 saturated carbocycles. The Morgan fingerprint density at radius 1 is 1.26 bits per heavy atom. The lowest BCUT2D eigenvalue weighted by atomic mass is 10.2. The standard InChI is InChI=1S/C12H14N2O5/c1-7(11(15)16)13-12(17)14-8-2-3-9-10(6-8)19-5-4-18-9/h2-3,6-7H,4-5H2,1H3,(H,15,16)(H2,13,14,17)/t7-/m0/s1. The number of ether oxygens (including phenoxy) is 2. The highest BCUT2D eigenvalue weighted by Crippen LogP contribution is 2.32. The number of carboxylic acids is 1. The molecule has 19 heavy (non-hydrogen) atoms. The largest absolute Gasteiger partial charge is 0.486 e. The Bertz CT molecular complexity index is 503. The van der Waals surface area contributed by atoms with E-state index in [9.17, 15) is 9.59 Å². The van der Waals surface area contributed by atoms with Crippen LogP contribution in [0.2, 0.25) is 0 Å². The number of carbonyl (C=O) groups excluding carboxylic acids is 1. The third-order valence-electron chi connectivity index (χ3n) is 2.52. The molecule has 0 bridgehead atoms. The molecule has 1 aromatic rings. The number of hydrogen-bond acceptors (Lipinski definition) is 4. The zero-order chi connectivity index (χ0) is 13.8. The van der Waals surface area contributed by atoms with E-state index in [0.717, 1.165) is 0 Å². The lowest BCUT2D eigenvalue weighted by Gasteiger charge is -2.19. The van der Waals surface area contributed by atoms with Gasteiger partial charge in [0.2, 0.25) is 0 Å². The van der Waals surface area contributed by atoms with Crippen LogP contribution in [0, 0.1) is 0 Å². The molecule has 102 valence electrons. The van der Waals surface area contributed by atoms with E-state index in [1.807, 2.05) is 0 Å². The molecule has 1 atom stereocenters. The van der Waals surface area contributed by atoms with Crippen molar-refractivity contribution in [3.8, 4) is 11.5 Å². The average molecular weight is 266 g/mol. The minimum absolute atomic E-state index is 0.457. The van der Waals surface area contributed by atoms with Crippen LogP contribution in [0.15, 0.2) is 18.2 Å². The Kier molecular flexibility index (Phi) is 3.74. The first kappa shape index (κ1) is 13.0. The highest BCUT2D eigenvalue weighted by atomic mass is 16.6. The van der Waals surface area contributed by atoms with E-state index in [1.165, 1.54) is 6.92 Å². The first-order valence-corrected chi connectivity index (χ1v) is 5.76. The van der Waals surface area contributed by atoms with Crippen LogP contribution in [0.3, 0.4) is 0 Å². The molecule has 3 N–H and O–H groups in total. The number of benzene rings is 1. The highest BCUT2D eigenvalue weighted by molar-refractivity contribution is 5.92. The molecule has 0 fully saturated rings. The van der Waals surface area contributed by atoms with Crippen molar-refractivity contribution < 1.29 is 24.2 Å². The summed E-state index contributed by atoms with van der Waals surface area (Å²) in [6.45, 7) is 2.33. The van der Waals surface area contributed by atoms with Gasteiger partial charge in [-0.15, -0.1) is 0 Å². The fraction of sp³-hybridized carbons (Fsp3) is 0.333. The molecule has 0 radical (unpaired) electrons. The molecule has 0 unspecified atom stereocenters. The van der Waals surface area contributed by atoms with Gasteiger partial charge in [0.05, 0.1) is 0 Å². The van der Waals surface area contributed by atoms with Gasteiger partial charge in [-0.25, -0.2) is 4.79 Å². The second-order valence-corrected chi connectivity index (χ2v) is 4.02. The Morgan fingerprint density at radius 3 is 2.63 bits per heavy atom. The van der Waals surface area contributed by atoms with E-state index in [0.29, 0.717) is 30.4 Å². The van der Waals surface area contributed by atoms with Crippen LogP contribution < -0.4 is 20.1 Å². The summed E-state index contributed by atoms with van der Waals surface area (Å²) in [6.07, 6.45) is 0. The number of nitrogens with one attached hydrogen (secondary N) is 2. The summed E-state index contributed by atoms with van der Waals surface area (Å²) in [5.74, 6) is 0.0729. The Balaban J connectivity index is 1.99. The van der Waals surface area contributed by atoms with Crippen molar-refractivity contribution in [2.24, 2.45) is 0 Å². The third-order valence-corrected chi connectivity index (χ3v) is 2.52. The molecule has 1 aliphatic heterocycles. The Hall–Kier alpha value is -2.44. The van der Waals surface area contributed by atoms with Crippen molar-refractivity contribution >= 4 is 17.7 Å². The molecule has 0 aromatic heterocycles. The minimum atomic E-state index is -1.10. The fourth-order valence-corrected chi connectivity index (χ4v) is 1.55. The van der Waals surface area contributed by atoms with Crippen molar-refractivity contribution in [2.75, 3.05) is 18.5 Å². The number of rotatable bonds is 3. The monoisotopic (exact) mass is 266 g/mol. The van der Waals surface area contributed by atoms with Gasteiger partial charge in [0.15, 0.2) is 11.5 Å². The zero-order valence-corrected chi connectivity index (χ0v) is 10.3. The summed E-state index contributed by atoms with van der Waals surface area (Å²) in [7, 11) is 0. The molecule has 0 saturated heterocycles. The summed E-state index contributed by atoms with van der Waals surface area (Å²) >= 11 is 0. The first-order chi connectivity index (χ1) is 9.06. The minimum Gasteiger partial charge on any atom is -0.486 e. The van der Waals surface area contributed by atoms with Gasteiger partial charge in [-0.05, 0) is 19.1 Å². The molecular formula is C12H14N2O5. The van der Waals surface area contributed by atoms with Gasteiger partial charge in [-0.3, -0.25) is 4.79 Å². The normalized spacial score (nSPS) is 14.4. The van der Waals surface area contributed by atoms with Crippen molar-refractivity contribution in [3.63, 3.8) is 0 Å². The topological polar surface area (TPSA) is 96.9 Å². The van der Waals surface area contributed by atoms with Crippen LogP contribution >= 0.6 is 0 Å². The van der Waals surface area contributed by atoms with Crippen LogP contribution in [0.1, 0.15) is 6.92 Å². The number of anilines is 1. The van der Waals surface area contributed by atoms with Crippen LogP contribution in [-0.4, -0.2) is 36.4 Å². The number of urea groups is 1. The first-order valence-electron chi connectivity index (χ1n) is 5.76. The van der Waals surface area contributed by atoms with Gasteiger partial charge < -0.3 is 25.2 Å². The predicted molar refractivity (Wildman–Crippen MR) is 66.7 cm³/mol. The molecule has 0 spiro atoms. The summed E-state index contributed by atoms with van der Waals surface area (Å²) in [5, 5.41) is 13.5. The SMILES string of the molecule is C[C@H](NC(=O)Nc1ccc2c(c1)OCCO2)C(=O)O. The average Bonchev–Trinajstić information content (AvgIpc) is 2.38. The summed E-state index contributed by atoms with van der Waals surface area (Å²) < 4.78 is 10.7. The van der Waals surface area contributed by atoms with Gasteiger partial charge in [-0.2, -0.15) is 0 Å². The Labute approximate surface area is 109 Å². The maximum Gasteiger partial charge on any atom is 0.325 e. The third kappa shape index (κ3) is 3.27. The number of fused-ring (bicyclic) bond motifs is 1. The lowest BCUT2D eigenvalue weighted by molar-refractivity contribution is -0.138. The van der Waals surface area contributed by atoms with Gasteiger partial charge in [-0.1, -0.05) is 0 Å². The van der Waals surface area contributed by atoms with E-state index < -0.39 is 18.0 Å². The Morgan fingerprint density at radius 2 is 1.95 bits per heavy atom. The summed E-state index contributed by atoms with van der Waals surface area (Å²) in [5.41, 5.74) is 0.499. The molecule has 7 heteroatoms. The van der Waals surface area contributed by atoms with Crippen molar-refractivity contribution in [1.82, 2.24) is 5.32 Å². The van der Waals surface area contributed by atoms with Gasteiger partial charge in [0.1, 0.15) is 19.3 Å². The number of amides is 2. The zero-order valence-electron chi connectivity index (χ0n) is 10.3. The van der Waals surface area contributed by atoms with E-state index in [2.05, 4.69) is 10.6 Å². The van der Waals surface area contributed by atoms with Crippen LogP contribution in [-0.2, 0) is 4.79 Å². The number of hydrogen-bond donors (Lipinski definition) is 3. The predicted octanol–water partition coefficient (Wildman–Crippen LogP) is 1.05. The van der Waals surface area contributed by atoms with E-state index >= 15 is 0 Å².